The summed E-state index contributed by atoms with van der Waals surface area (Å²) in [4.78, 5) is 1.19. The van der Waals surface area contributed by atoms with E-state index in [1.165, 1.54) is 18.0 Å². The molecule has 0 bridgehead atoms. The lowest BCUT2D eigenvalue weighted by Crippen LogP contribution is -1.96. The van der Waals surface area contributed by atoms with Gasteiger partial charge in [-0.2, -0.15) is 5.10 Å². The SMILES string of the molecule is Cc1nn(C)c(Sc2ccc(S(C)(=O)=O)cc2)c1CO. The fraction of sp³-hybridized carbons (Fsp3) is 0.308. The Labute approximate surface area is 122 Å². The number of aromatic nitrogens is 2. The highest BCUT2D eigenvalue weighted by Gasteiger charge is 2.14. The molecule has 7 heteroatoms. The molecule has 0 unspecified atom stereocenters. The number of aryl methyl sites for hydroxylation is 2. The first-order chi connectivity index (χ1) is 9.32. The predicted octanol–water partition coefficient (Wildman–Crippen LogP) is 1.78. The van der Waals surface area contributed by atoms with E-state index >= 15 is 0 Å². The van der Waals surface area contributed by atoms with Gasteiger partial charge in [-0.05, 0) is 31.2 Å². The maximum Gasteiger partial charge on any atom is 0.175 e. The molecule has 0 atom stereocenters. The molecular weight excluding hydrogens is 296 g/mol. The highest BCUT2D eigenvalue weighted by atomic mass is 32.2. The maximum absolute atomic E-state index is 11.4. The van der Waals surface area contributed by atoms with Gasteiger partial charge >= 0.3 is 0 Å². The van der Waals surface area contributed by atoms with E-state index in [2.05, 4.69) is 5.10 Å². The Bertz CT molecular complexity index is 719. The number of hydrogen-bond acceptors (Lipinski definition) is 5. The summed E-state index contributed by atoms with van der Waals surface area (Å²) in [7, 11) is -1.36. The third-order valence-corrected chi connectivity index (χ3v) is 5.25. The molecule has 0 aliphatic rings. The van der Waals surface area contributed by atoms with Crippen LogP contribution in [0.5, 0.6) is 0 Å². The van der Waals surface area contributed by atoms with E-state index in [0.29, 0.717) is 4.90 Å². The lowest BCUT2D eigenvalue weighted by Gasteiger charge is -2.05. The topological polar surface area (TPSA) is 72.2 Å². The second kappa shape index (κ2) is 5.59. The molecular formula is C13H16N2O3S2. The highest BCUT2D eigenvalue weighted by Crippen LogP contribution is 2.32. The largest absolute Gasteiger partial charge is 0.392 e. The first-order valence-electron chi connectivity index (χ1n) is 5.94. The molecule has 1 aromatic heterocycles. The molecule has 0 radical (unpaired) electrons. The quantitative estimate of drug-likeness (QED) is 0.931. The van der Waals surface area contributed by atoms with Crippen molar-refractivity contribution in [2.45, 2.75) is 28.3 Å². The molecule has 2 aromatic rings. The van der Waals surface area contributed by atoms with Crippen LogP contribution in [-0.4, -0.2) is 29.6 Å². The molecule has 108 valence electrons. The zero-order valence-electron chi connectivity index (χ0n) is 11.5. The van der Waals surface area contributed by atoms with Crippen molar-refractivity contribution < 1.29 is 13.5 Å². The Morgan fingerprint density at radius 1 is 1.30 bits per heavy atom. The van der Waals surface area contributed by atoms with Crippen LogP contribution in [0.1, 0.15) is 11.3 Å². The average Bonchev–Trinajstić information content (AvgIpc) is 2.63. The third kappa shape index (κ3) is 3.05. The maximum atomic E-state index is 11.4. The number of hydrogen-bond donors (Lipinski definition) is 1. The van der Waals surface area contributed by atoms with Crippen molar-refractivity contribution in [1.82, 2.24) is 9.78 Å². The third-order valence-electron chi connectivity index (χ3n) is 2.91. The van der Waals surface area contributed by atoms with Crippen molar-refractivity contribution in [3.8, 4) is 0 Å². The summed E-state index contributed by atoms with van der Waals surface area (Å²) in [5.41, 5.74) is 1.59. The van der Waals surface area contributed by atoms with Crippen LogP contribution in [0.2, 0.25) is 0 Å². The normalized spacial score (nSPS) is 11.8. The van der Waals surface area contributed by atoms with E-state index < -0.39 is 9.84 Å². The van der Waals surface area contributed by atoms with Gasteiger partial charge in [0, 0.05) is 23.8 Å². The van der Waals surface area contributed by atoms with Gasteiger partial charge in [0.1, 0.15) is 5.03 Å². The van der Waals surface area contributed by atoms with Gasteiger partial charge in [0.25, 0.3) is 0 Å². The number of aliphatic hydroxyl groups is 1. The Kier molecular flexibility index (Phi) is 4.22. The van der Waals surface area contributed by atoms with Gasteiger partial charge in [-0.1, -0.05) is 11.8 Å². The standard InChI is InChI=1S/C13H16N2O3S2/c1-9-12(8-16)13(15(2)14-9)19-10-4-6-11(7-5-10)20(3,17)18/h4-7,16H,8H2,1-3H3. The van der Waals surface area contributed by atoms with E-state index in [0.717, 1.165) is 21.2 Å². The fourth-order valence-electron chi connectivity index (χ4n) is 1.86. The summed E-state index contributed by atoms with van der Waals surface area (Å²) in [5, 5.41) is 14.5. The van der Waals surface area contributed by atoms with Crippen LogP contribution >= 0.6 is 11.8 Å². The molecule has 0 aliphatic heterocycles. The molecule has 0 amide bonds. The molecule has 1 aromatic carbocycles. The van der Waals surface area contributed by atoms with Crippen LogP contribution in [0.15, 0.2) is 39.1 Å². The predicted molar refractivity (Wildman–Crippen MR) is 77.5 cm³/mol. The lowest BCUT2D eigenvalue weighted by atomic mass is 10.3. The van der Waals surface area contributed by atoms with Crippen molar-refractivity contribution in [2.24, 2.45) is 7.05 Å². The number of benzene rings is 1. The lowest BCUT2D eigenvalue weighted by molar-refractivity contribution is 0.277. The molecule has 20 heavy (non-hydrogen) atoms. The highest BCUT2D eigenvalue weighted by molar-refractivity contribution is 7.99. The minimum absolute atomic E-state index is 0.0660. The summed E-state index contributed by atoms with van der Waals surface area (Å²) in [6.45, 7) is 1.78. The van der Waals surface area contributed by atoms with Crippen LogP contribution in [0.25, 0.3) is 0 Å². The van der Waals surface area contributed by atoms with Gasteiger partial charge in [-0.15, -0.1) is 0 Å². The van der Waals surface area contributed by atoms with Crippen molar-refractivity contribution in [3.05, 3.63) is 35.5 Å². The summed E-state index contributed by atoms with van der Waals surface area (Å²) < 4.78 is 24.5. The monoisotopic (exact) mass is 312 g/mol. The zero-order chi connectivity index (χ0) is 14.9. The minimum Gasteiger partial charge on any atom is -0.392 e. The fourth-order valence-corrected chi connectivity index (χ4v) is 3.49. The van der Waals surface area contributed by atoms with Crippen molar-refractivity contribution in [2.75, 3.05) is 6.26 Å². The zero-order valence-corrected chi connectivity index (χ0v) is 13.1. The van der Waals surface area contributed by atoms with Gasteiger partial charge < -0.3 is 5.11 Å². The smallest absolute Gasteiger partial charge is 0.175 e. The average molecular weight is 312 g/mol. The molecule has 2 rings (SSSR count). The van der Waals surface area contributed by atoms with E-state index in [4.69, 9.17) is 0 Å². The summed E-state index contributed by atoms with van der Waals surface area (Å²) in [6, 6.07) is 6.67. The van der Waals surface area contributed by atoms with Crippen LogP contribution in [0.3, 0.4) is 0 Å². The molecule has 0 spiro atoms. The Balaban J connectivity index is 2.32. The molecule has 0 saturated carbocycles. The second-order valence-corrected chi connectivity index (χ2v) is 7.57. The molecule has 5 nitrogen and oxygen atoms in total. The van der Waals surface area contributed by atoms with Crippen LogP contribution in [-0.2, 0) is 23.5 Å². The number of sulfone groups is 1. The van der Waals surface area contributed by atoms with Crippen molar-refractivity contribution in [3.63, 3.8) is 0 Å². The minimum atomic E-state index is -3.18. The first-order valence-corrected chi connectivity index (χ1v) is 8.65. The molecule has 0 aliphatic carbocycles. The van der Waals surface area contributed by atoms with Gasteiger partial charge in [-0.3, -0.25) is 4.68 Å². The number of nitrogens with zero attached hydrogens (tertiary/aromatic N) is 2. The summed E-state index contributed by atoms with van der Waals surface area (Å²) in [5.74, 6) is 0. The van der Waals surface area contributed by atoms with Crippen molar-refractivity contribution >= 4 is 21.6 Å². The first kappa shape index (κ1) is 15.1. The van der Waals surface area contributed by atoms with E-state index in [-0.39, 0.29) is 6.61 Å². The van der Waals surface area contributed by atoms with Crippen LogP contribution < -0.4 is 0 Å². The number of aliphatic hydroxyl groups excluding tert-OH is 1. The molecule has 1 heterocycles. The molecule has 0 saturated heterocycles. The van der Waals surface area contributed by atoms with Crippen LogP contribution in [0, 0.1) is 6.92 Å². The van der Waals surface area contributed by atoms with Crippen molar-refractivity contribution in [1.29, 1.82) is 0 Å². The van der Waals surface area contributed by atoms with Crippen LogP contribution in [0.4, 0.5) is 0 Å². The Morgan fingerprint density at radius 2 is 1.90 bits per heavy atom. The summed E-state index contributed by atoms with van der Waals surface area (Å²) in [6.07, 6.45) is 1.18. The Morgan fingerprint density at radius 3 is 2.40 bits per heavy atom. The molecule has 1 N–H and O–H groups in total. The second-order valence-electron chi connectivity index (χ2n) is 4.50. The number of rotatable bonds is 4. The van der Waals surface area contributed by atoms with Gasteiger partial charge in [-0.25, -0.2) is 8.42 Å². The van der Waals surface area contributed by atoms with E-state index in [1.807, 2.05) is 14.0 Å². The summed E-state index contributed by atoms with van der Waals surface area (Å²) >= 11 is 1.45. The molecule has 0 fully saturated rings. The van der Waals surface area contributed by atoms with E-state index in [1.54, 1.807) is 28.9 Å². The van der Waals surface area contributed by atoms with E-state index in [9.17, 15) is 13.5 Å². The van der Waals surface area contributed by atoms with Gasteiger partial charge in [0.15, 0.2) is 9.84 Å². The van der Waals surface area contributed by atoms with Gasteiger partial charge in [0.05, 0.1) is 17.2 Å². The van der Waals surface area contributed by atoms with Gasteiger partial charge in [0.2, 0.25) is 0 Å². The Hall–Kier alpha value is -1.31.